The van der Waals surface area contributed by atoms with Crippen LogP contribution >= 0.6 is 0 Å². The van der Waals surface area contributed by atoms with Gasteiger partial charge in [-0.15, -0.1) is 0 Å². The Morgan fingerprint density at radius 2 is 1.77 bits per heavy atom. The fourth-order valence-electron chi connectivity index (χ4n) is 3.20. The molecule has 1 heterocycles. The lowest BCUT2D eigenvalue weighted by Gasteiger charge is -2.20. The second-order valence-electron chi connectivity index (χ2n) is 6.91. The molecule has 0 saturated heterocycles. The average molecular weight is 427 g/mol. The molecule has 7 nitrogen and oxygen atoms in total. The first-order valence-corrected chi connectivity index (χ1v) is 11.3. The van der Waals surface area contributed by atoms with Crippen LogP contribution in [0, 0.1) is 6.92 Å². The van der Waals surface area contributed by atoms with Crippen LogP contribution in [0.5, 0.6) is 0 Å². The molecule has 0 aliphatic carbocycles. The molecule has 0 fully saturated rings. The maximum absolute atomic E-state index is 12.9. The number of carbonyl (C=O) groups is 1. The predicted molar refractivity (Wildman–Crippen MR) is 117 cm³/mol. The number of nitrogens with zero attached hydrogens (tertiary/aromatic N) is 3. The number of rotatable bonds is 8. The van der Waals surface area contributed by atoms with Crippen LogP contribution in [0.15, 0.2) is 65.7 Å². The minimum absolute atomic E-state index is 0.147. The highest BCUT2D eigenvalue weighted by Gasteiger charge is 2.24. The van der Waals surface area contributed by atoms with Gasteiger partial charge in [-0.25, -0.2) is 8.42 Å². The lowest BCUT2D eigenvalue weighted by molar-refractivity contribution is 0.102. The van der Waals surface area contributed by atoms with Gasteiger partial charge >= 0.3 is 0 Å². The summed E-state index contributed by atoms with van der Waals surface area (Å²) >= 11 is 0. The summed E-state index contributed by atoms with van der Waals surface area (Å²) in [6.45, 7) is 6.63. The number of hydrogen-bond donors (Lipinski definition) is 1. The summed E-state index contributed by atoms with van der Waals surface area (Å²) in [5, 5.41) is 7.11. The fourth-order valence-corrected chi connectivity index (χ4v) is 4.91. The third-order valence-corrected chi connectivity index (χ3v) is 7.04. The molecule has 8 heteroatoms. The van der Waals surface area contributed by atoms with Crippen LogP contribution in [0.1, 0.15) is 35.3 Å². The topological polar surface area (TPSA) is 84.3 Å². The molecule has 0 spiro atoms. The third kappa shape index (κ3) is 4.77. The first-order valence-electron chi connectivity index (χ1n) is 9.84. The Morgan fingerprint density at radius 1 is 1.07 bits per heavy atom. The molecule has 0 unspecified atom stereocenters. The van der Waals surface area contributed by atoms with E-state index in [0.29, 0.717) is 31.0 Å². The number of nitrogens with one attached hydrogen (secondary N) is 1. The number of benzene rings is 2. The van der Waals surface area contributed by atoms with Crippen molar-refractivity contribution in [2.45, 2.75) is 32.2 Å². The standard InChI is InChI=1S/C22H26N4O3S/c1-4-26(5-2)30(28,29)20-15-19(12-11-17(20)3)22(27)23-21-13-14-25(24-21)16-18-9-7-6-8-10-18/h6-15H,4-5,16H2,1-3H3,(H,23,24,27). The second-order valence-corrected chi connectivity index (χ2v) is 8.81. The van der Waals surface area contributed by atoms with Gasteiger partial charge in [-0.2, -0.15) is 9.40 Å². The Balaban J connectivity index is 1.78. The zero-order valence-electron chi connectivity index (χ0n) is 17.4. The summed E-state index contributed by atoms with van der Waals surface area (Å²) in [6.07, 6.45) is 1.79. The van der Waals surface area contributed by atoms with Crippen molar-refractivity contribution in [3.8, 4) is 0 Å². The Morgan fingerprint density at radius 3 is 2.43 bits per heavy atom. The van der Waals surface area contributed by atoms with Crippen LogP contribution in [-0.4, -0.2) is 41.5 Å². The van der Waals surface area contributed by atoms with E-state index >= 15 is 0 Å². The van der Waals surface area contributed by atoms with Crippen molar-refractivity contribution in [3.63, 3.8) is 0 Å². The summed E-state index contributed by atoms with van der Waals surface area (Å²) in [4.78, 5) is 12.9. The van der Waals surface area contributed by atoms with E-state index in [1.165, 1.54) is 10.4 Å². The van der Waals surface area contributed by atoms with Gasteiger partial charge in [-0.3, -0.25) is 9.48 Å². The largest absolute Gasteiger partial charge is 0.305 e. The summed E-state index contributed by atoms with van der Waals surface area (Å²) in [6, 6.07) is 16.3. The minimum Gasteiger partial charge on any atom is -0.305 e. The highest BCUT2D eigenvalue weighted by molar-refractivity contribution is 7.89. The van der Waals surface area contributed by atoms with E-state index in [-0.39, 0.29) is 10.5 Å². The third-order valence-electron chi connectivity index (χ3n) is 4.84. The molecule has 0 atom stereocenters. The van der Waals surface area contributed by atoms with Gasteiger partial charge in [0.05, 0.1) is 11.4 Å². The van der Waals surface area contributed by atoms with Crippen LogP contribution in [0.3, 0.4) is 0 Å². The molecular weight excluding hydrogens is 400 g/mol. The van der Waals surface area contributed by atoms with Gasteiger partial charge in [0.1, 0.15) is 0 Å². The number of sulfonamides is 1. The Hall–Kier alpha value is -2.97. The predicted octanol–water partition coefficient (Wildman–Crippen LogP) is 3.52. The number of aryl methyl sites for hydroxylation is 1. The van der Waals surface area contributed by atoms with Gasteiger partial charge in [-0.1, -0.05) is 50.2 Å². The van der Waals surface area contributed by atoms with Crippen molar-refractivity contribution in [2.75, 3.05) is 18.4 Å². The lowest BCUT2D eigenvalue weighted by atomic mass is 10.1. The smallest absolute Gasteiger partial charge is 0.256 e. The molecule has 158 valence electrons. The SMILES string of the molecule is CCN(CC)S(=O)(=O)c1cc(C(=O)Nc2ccn(Cc3ccccc3)n2)ccc1C. The Kier molecular flexibility index (Phi) is 6.69. The first kappa shape index (κ1) is 21.7. The van der Waals surface area contributed by atoms with Crippen molar-refractivity contribution in [3.05, 3.63) is 77.5 Å². The molecule has 1 aromatic heterocycles. The fraction of sp³-hybridized carbons (Fsp3) is 0.273. The number of carbonyl (C=O) groups excluding carboxylic acids is 1. The maximum Gasteiger partial charge on any atom is 0.256 e. The van der Waals surface area contributed by atoms with Gasteiger partial charge in [0.15, 0.2) is 5.82 Å². The van der Waals surface area contributed by atoms with Crippen molar-refractivity contribution >= 4 is 21.7 Å². The zero-order valence-corrected chi connectivity index (χ0v) is 18.2. The van der Waals surface area contributed by atoms with Crippen LogP contribution in [0.25, 0.3) is 0 Å². The van der Waals surface area contributed by atoms with Gasteiger partial charge in [0.25, 0.3) is 5.91 Å². The number of amides is 1. The molecule has 30 heavy (non-hydrogen) atoms. The molecule has 0 radical (unpaired) electrons. The second kappa shape index (κ2) is 9.23. The highest BCUT2D eigenvalue weighted by atomic mass is 32.2. The Bertz CT molecular complexity index is 1120. The van der Waals surface area contributed by atoms with Gasteiger partial charge < -0.3 is 5.32 Å². The summed E-state index contributed by atoms with van der Waals surface area (Å²) in [5.41, 5.74) is 1.97. The van der Waals surface area contributed by atoms with E-state index in [9.17, 15) is 13.2 Å². The minimum atomic E-state index is -3.66. The van der Waals surface area contributed by atoms with E-state index in [4.69, 9.17) is 0 Å². The molecule has 0 aliphatic heterocycles. The summed E-state index contributed by atoms with van der Waals surface area (Å²) in [5.74, 6) is 0.000569. The van der Waals surface area contributed by atoms with Crippen molar-refractivity contribution in [1.29, 1.82) is 0 Å². The van der Waals surface area contributed by atoms with Crippen molar-refractivity contribution < 1.29 is 13.2 Å². The quantitative estimate of drug-likeness (QED) is 0.597. The molecule has 1 N–H and O–H groups in total. The van der Waals surface area contributed by atoms with Gasteiger partial charge in [0.2, 0.25) is 10.0 Å². The van der Waals surface area contributed by atoms with Crippen LogP contribution < -0.4 is 5.32 Å². The van der Waals surface area contributed by atoms with Crippen LogP contribution in [0.2, 0.25) is 0 Å². The van der Waals surface area contributed by atoms with E-state index in [1.54, 1.807) is 49.8 Å². The maximum atomic E-state index is 12.9. The number of anilines is 1. The van der Waals surface area contributed by atoms with Crippen molar-refractivity contribution in [1.82, 2.24) is 14.1 Å². The molecule has 0 aliphatic rings. The molecule has 0 saturated carbocycles. The average Bonchev–Trinajstić information content (AvgIpc) is 3.16. The lowest BCUT2D eigenvalue weighted by Crippen LogP contribution is -2.31. The number of aromatic nitrogens is 2. The monoisotopic (exact) mass is 426 g/mol. The summed E-state index contributed by atoms with van der Waals surface area (Å²) in [7, 11) is -3.66. The van der Waals surface area contributed by atoms with Gasteiger partial charge in [0, 0.05) is 30.9 Å². The van der Waals surface area contributed by atoms with E-state index < -0.39 is 15.9 Å². The van der Waals surface area contributed by atoms with Crippen molar-refractivity contribution in [2.24, 2.45) is 0 Å². The zero-order chi connectivity index (χ0) is 21.7. The van der Waals surface area contributed by atoms with Gasteiger partial charge in [-0.05, 0) is 30.2 Å². The first-order chi connectivity index (χ1) is 14.3. The van der Waals surface area contributed by atoms with Crippen LogP contribution in [0.4, 0.5) is 5.82 Å². The highest BCUT2D eigenvalue weighted by Crippen LogP contribution is 2.22. The molecule has 1 amide bonds. The molecule has 3 rings (SSSR count). The van der Waals surface area contributed by atoms with E-state index in [2.05, 4.69) is 10.4 Å². The van der Waals surface area contributed by atoms with E-state index in [0.717, 1.165) is 5.56 Å². The molecule has 2 aromatic carbocycles. The Labute approximate surface area is 177 Å². The molecule has 3 aromatic rings. The number of hydrogen-bond acceptors (Lipinski definition) is 4. The van der Waals surface area contributed by atoms with E-state index in [1.807, 2.05) is 30.3 Å². The molecule has 0 bridgehead atoms. The normalized spacial score (nSPS) is 11.6. The summed E-state index contributed by atoms with van der Waals surface area (Å²) < 4.78 is 28.9. The molecular formula is C22H26N4O3S. The van der Waals surface area contributed by atoms with Crippen LogP contribution in [-0.2, 0) is 16.6 Å².